The van der Waals surface area contributed by atoms with Gasteiger partial charge in [-0.3, -0.25) is 14.5 Å². The fourth-order valence-corrected chi connectivity index (χ4v) is 5.19. The van der Waals surface area contributed by atoms with Gasteiger partial charge in [0.2, 0.25) is 5.76 Å². The number of amides is 1. The normalized spacial score (nSPS) is 19.3. The first-order valence-electron chi connectivity index (χ1n) is 11.9. The first kappa shape index (κ1) is 21.8. The monoisotopic (exact) mass is 470 g/mol. The van der Waals surface area contributed by atoms with Gasteiger partial charge in [0.1, 0.15) is 11.3 Å². The third kappa shape index (κ3) is 3.77. The molecule has 2 aliphatic rings. The zero-order valence-corrected chi connectivity index (χ0v) is 19.5. The van der Waals surface area contributed by atoms with Gasteiger partial charge >= 0.3 is 0 Å². The number of morpholine rings is 1. The van der Waals surface area contributed by atoms with Gasteiger partial charge in [0.15, 0.2) is 5.43 Å². The summed E-state index contributed by atoms with van der Waals surface area (Å²) < 4.78 is 17.4. The molecule has 0 aliphatic carbocycles. The Bertz CT molecular complexity index is 1420. The summed E-state index contributed by atoms with van der Waals surface area (Å²) in [4.78, 5) is 31.6. The lowest BCUT2D eigenvalue weighted by Crippen LogP contribution is -2.44. The highest BCUT2D eigenvalue weighted by Gasteiger charge is 2.44. The molecule has 0 N–H and O–H groups in total. The van der Waals surface area contributed by atoms with Crippen LogP contribution >= 0.6 is 0 Å². The number of hydrogen-bond acceptors (Lipinski definition) is 6. The van der Waals surface area contributed by atoms with E-state index in [2.05, 4.69) is 4.90 Å². The molecule has 0 unspecified atom stereocenters. The van der Waals surface area contributed by atoms with Crippen LogP contribution in [0, 0.1) is 6.92 Å². The minimum absolute atomic E-state index is 0.124. The van der Waals surface area contributed by atoms with Crippen molar-refractivity contribution in [3.8, 4) is 0 Å². The fraction of sp³-hybridized carbons (Fsp3) is 0.286. The van der Waals surface area contributed by atoms with Crippen molar-refractivity contribution in [2.24, 2.45) is 0 Å². The molecule has 4 aromatic rings. The molecule has 0 saturated carbocycles. The lowest BCUT2D eigenvalue weighted by molar-refractivity contribution is 0.00182. The van der Waals surface area contributed by atoms with Gasteiger partial charge in [-0.2, -0.15) is 0 Å². The quantitative estimate of drug-likeness (QED) is 0.433. The largest absolute Gasteiger partial charge is 0.468 e. The molecule has 4 heterocycles. The number of carbonyl (C=O) groups excluding carboxylic acids is 1. The standard InChI is InChI=1S/C28H26N2O5/c1-18-8-10-19(11-9-18)25-24-26(31)20-5-2-3-6-22(20)35-27(24)28(32)30(25)17-21(23-7-4-14-34-23)29-12-15-33-16-13-29/h2-11,14,21,25H,12-13,15-17H2,1H3/t21-,25-/m0/s1. The summed E-state index contributed by atoms with van der Waals surface area (Å²) in [6, 6.07) is 18.2. The smallest absolute Gasteiger partial charge is 0.290 e. The Balaban J connectivity index is 1.49. The van der Waals surface area contributed by atoms with Crippen LogP contribution in [0.15, 0.2) is 80.6 Å². The third-order valence-electron chi connectivity index (χ3n) is 6.99. The number of hydrogen-bond donors (Lipinski definition) is 0. The van der Waals surface area contributed by atoms with E-state index in [-0.39, 0.29) is 23.1 Å². The predicted octanol–water partition coefficient (Wildman–Crippen LogP) is 4.31. The van der Waals surface area contributed by atoms with Crippen molar-refractivity contribution in [3.05, 3.63) is 105 Å². The molecule has 7 nitrogen and oxygen atoms in total. The molecule has 2 atom stereocenters. The summed E-state index contributed by atoms with van der Waals surface area (Å²) in [5, 5.41) is 0.480. The lowest BCUT2D eigenvalue weighted by atomic mass is 9.97. The van der Waals surface area contributed by atoms with Crippen molar-refractivity contribution in [3.63, 3.8) is 0 Å². The van der Waals surface area contributed by atoms with Crippen LogP contribution in [0.1, 0.15) is 45.1 Å². The van der Waals surface area contributed by atoms with Crippen LogP contribution in [0.3, 0.4) is 0 Å². The highest BCUT2D eigenvalue weighted by atomic mass is 16.5. The average Bonchev–Trinajstić information content (AvgIpc) is 3.51. The average molecular weight is 471 g/mol. The molecular formula is C28H26N2O5. The summed E-state index contributed by atoms with van der Waals surface area (Å²) in [7, 11) is 0. The van der Waals surface area contributed by atoms with Gasteiger partial charge in [0.25, 0.3) is 5.91 Å². The van der Waals surface area contributed by atoms with Crippen molar-refractivity contribution in [1.29, 1.82) is 0 Å². The summed E-state index contributed by atoms with van der Waals surface area (Å²) in [5.74, 6) is 0.625. The van der Waals surface area contributed by atoms with E-state index in [4.69, 9.17) is 13.6 Å². The highest BCUT2D eigenvalue weighted by Crippen LogP contribution is 2.40. The van der Waals surface area contributed by atoms with Gasteiger partial charge in [-0.05, 0) is 36.8 Å². The minimum Gasteiger partial charge on any atom is -0.468 e. The number of ether oxygens (including phenoxy) is 1. The SMILES string of the molecule is Cc1ccc([C@H]2c3c(oc4ccccc4c3=O)C(=O)N2C[C@@H](c2ccco2)N2CCOCC2)cc1. The summed E-state index contributed by atoms with van der Waals surface area (Å²) in [5.41, 5.74) is 2.65. The topological polar surface area (TPSA) is 76.1 Å². The maximum Gasteiger partial charge on any atom is 0.290 e. The molecule has 6 rings (SSSR count). The Kier molecular flexibility index (Phi) is 5.51. The van der Waals surface area contributed by atoms with Gasteiger partial charge in [-0.25, -0.2) is 0 Å². The van der Waals surface area contributed by atoms with Crippen molar-refractivity contribution in [1.82, 2.24) is 9.80 Å². The van der Waals surface area contributed by atoms with E-state index in [0.717, 1.165) is 30.0 Å². The number of rotatable bonds is 5. The highest BCUT2D eigenvalue weighted by molar-refractivity contribution is 5.99. The van der Waals surface area contributed by atoms with Crippen molar-refractivity contribution in [2.45, 2.75) is 19.0 Å². The number of furan rings is 1. The van der Waals surface area contributed by atoms with Gasteiger partial charge in [0, 0.05) is 19.6 Å². The zero-order valence-electron chi connectivity index (χ0n) is 19.5. The Hall–Kier alpha value is -3.68. The van der Waals surface area contributed by atoms with Crippen LogP contribution in [0.25, 0.3) is 11.0 Å². The Morgan fingerprint density at radius 3 is 2.49 bits per heavy atom. The second-order valence-corrected chi connectivity index (χ2v) is 9.12. The van der Waals surface area contributed by atoms with E-state index in [1.54, 1.807) is 29.4 Å². The maximum atomic E-state index is 13.9. The molecule has 0 bridgehead atoms. The first-order chi connectivity index (χ1) is 17.1. The Morgan fingerprint density at radius 2 is 1.74 bits per heavy atom. The number of aryl methyl sites for hydroxylation is 1. The molecule has 178 valence electrons. The second-order valence-electron chi connectivity index (χ2n) is 9.12. The molecule has 1 amide bonds. The van der Waals surface area contributed by atoms with Crippen LogP contribution in [0.2, 0.25) is 0 Å². The van der Waals surface area contributed by atoms with Crippen LogP contribution in [-0.2, 0) is 4.74 Å². The number of carbonyl (C=O) groups is 1. The van der Waals surface area contributed by atoms with Gasteiger partial charge < -0.3 is 18.5 Å². The maximum absolute atomic E-state index is 13.9. The number of nitrogens with zero attached hydrogens (tertiary/aromatic N) is 2. The van der Waals surface area contributed by atoms with E-state index in [1.807, 2.05) is 49.4 Å². The van der Waals surface area contributed by atoms with Crippen molar-refractivity contribution < 1.29 is 18.4 Å². The van der Waals surface area contributed by atoms with E-state index in [0.29, 0.717) is 36.3 Å². The lowest BCUT2D eigenvalue weighted by Gasteiger charge is -2.37. The first-order valence-corrected chi connectivity index (χ1v) is 11.9. The van der Waals surface area contributed by atoms with Gasteiger partial charge in [-0.1, -0.05) is 42.0 Å². The van der Waals surface area contributed by atoms with Crippen LogP contribution in [0.5, 0.6) is 0 Å². The molecule has 2 aromatic heterocycles. The Morgan fingerprint density at radius 1 is 0.971 bits per heavy atom. The molecule has 2 aromatic carbocycles. The summed E-state index contributed by atoms with van der Waals surface area (Å²) in [6.45, 7) is 5.08. The number of benzene rings is 2. The molecular weight excluding hydrogens is 444 g/mol. The molecule has 0 spiro atoms. The van der Waals surface area contributed by atoms with Crippen molar-refractivity contribution in [2.75, 3.05) is 32.8 Å². The van der Waals surface area contributed by atoms with E-state index in [9.17, 15) is 9.59 Å². The summed E-state index contributed by atoms with van der Waals surface area (Å²) >= 11 is 0. The molecule has 7 heteroatoms. The van der Waals surface area contributed by atoms with E-state index in [1.165, 1.54) is 0 Å². The van der Waals surface area contributed by atoms with Crippen LogP contribution < -0.4 is 5.43 Å². The fourth-order valence-electron chi connectivity index (χ4n) is 5.19. The minimum atomic E-state index is -0.544. The predicted molar refractivity (Wildman–Crippen MR) is 130 cm³/mol. The van der Waals surface area contributed by atoms with E-state index < -0.39 is 6.04 Å². The van der Waals surface area contributed by atoms with Gasteiger partial charge in [-0.15, -0.1) is 0 Å². The molecule has 1 fully saturated rings. The van der Waals surface area contributed by atoms with Crippen LogP contribution in [0.4, 0.5) is 0 Å². The van der Waals surface area contributed by atoms with Crippen LogP contribution in [-0.4, -0.2) is 48.6 Å². The molecule has 2 aliphatic heterocycles. The number of para-hydroxylation sites is 1. The summed E-state index contributed by atoms with van der Waals surface area (Å²) in [6.07, 6.45) is 1.65. The third-order valence-corrected chi connectivity index (χ3v) is 6.99. The van der Waals surface area contributed by atoms with Crippen molar-refractivity contribution >= 4 is 16.9 Å². The molecule has 0 radical (unpaired) electrons. The Labute approximate surface area is 202 Å². The molecule has 35 heavy (non-hydrogen) atoms. The second kappa shape index (κ2) is 8.83. The zero-order chi connectivity index (χ0) is 23.9. The molecule has 1 saturated heterocycles. The van der Waals surface area contributed by atoms with Gasteiger partial charge in [0.05, 0.1) is 42.5 Å². The van der Waals surface area contributed by atoms with E-state index >= 15 is 0 Å². The number of fused-ring (bicyclic) bond motifs is 2.